The minimum absolute atomic E-state index is 0.319. The molecular formula is C20H21FN4OS. The summed E-state index contributed by atoms with van der Waals surface area (Å²) in [7, 11) is 1.84. The molecule has 0 spiro atoms. The first-order valence-electron chi connectivity index (χ1n) is 8.58. The van der Waals surface area contributed by atoms with Gasteiger partial charge in [0.1, 0.15) is 17.7 Å². The van der Waals surface area contributed by atoms with E-state index in [9.17, 15) is 9.18 Å². The van der Waals surface area contributed by atoms with E-state index < -0.39 is 6.04 Å². The van der Waals surface area contributed by atoms with Crippen LogP contribution in [0, 0.1) is 5.82 Å². The molecule has 27 heavy (non-hydrogen) atoms. The van der Waals surface area contributed by atoms with Crippen molar-refractivity contribution < 1.29 is 9.18 Å². The third-order valence-corrected chi connectivity index (χ3v) is 4.99. The Bertz CT molecular complexity index is 884. The van der Waals surface area contributed by atoms with Crippen LogP contribution in [0.15, 0.2) is 71.9 Å². The van der Waals surface area contributed by atoms with Crippen LogP contribution >= 0.6 is 11.8 Å². The summed E-state index contributed by atoms with van der Waals surface area (Å²) >= 11 is 1.67. The highest BCUT2D eigenvalue weighted by Gasteiger charge is 2.21. The lowest BCUT2D eigenvalue weighted by Gasteiger charge is -2.19. The van der Waals surface area contributed by atoms with Crippen molar-refractivity contribution in [2.45, 2.75) is 10.9 Å². The number of hydrogen-bond donors (Lipinski definition) is 2. The van der Waals surface area contributed by atoms with Crippen molar-refractivity contribution in [3.8, 4) is 0 Å². The molecule has 2 N–H and O–H groups in total. The van der Waals surface area contributed by atoms with Gasteiger partial charge in [-0.25, -0.2) is 14.2 Å². The van der Waals surface area contributed by atoms with E-state index in [0.717, 1.165) is 10.6 Å². The van der Waals surface area contributed by atoms with Gasteiger partial charge in [0, 0.05) is 36.6 Å². The Balaban J connectivity index is 1.60. The summed E-state index contributed by atoms with van der Waals surface area (Å²) in [5, 5.41) is 5.74. The Morgan fingerprint density at radius 2 is 2.04 bits per heavy atom. The Kier molecular flexibility index (Phi) is 6.49. The number of rotatable bonds is 7. The van der Waals surface area contributed by atoms with Crippen LogP contribution in [0.5, 0.6) is 0 Å². The number of urea groups is 1. The predicted octanol–water partition coefficient (Wildman–Crippen LogP) is 3.74. The Morgan fingerprint density at radius 3 is 2.74 bits per heavy atom. The van der Waals surface area contributed by atoms with Crippen molar-refractivity contribution in [2.24, 2.45) is 7.05 Å². The predicted molar refractivity (Wildman–Crippen MR) is 105 cm³/mol. The van der Waals surface area contributed by atoms with Gasteiger partial charge in [-0.3, -0.25) is 0 Å². The third-order valence-electron chi connectivity index (χ3n) is 3.97. The first-order chi connectivity index (χ1) is 13.1. The molecular weight excluding hydrogens is 363 g/mol. The molecule has 0 saturated carbocycles. The van der Waals surface area contributed by atoms with Crippen LogP contribution in [0.1, 0.15) is 17.4 Å². The molecule has 1 atom stereocenters. The second kappa shape index (κ2) is 9.23. The maximum atomic E-state index is 13.7. The molecule has 0 fully saturated rings. The van der Waals surface area contributed by atoms with Crippen LogP contribution in [0.2, 0.25) is 0 Å². The molecule has 0 unspecified atom stereocenters. The maximum absolute atomic E-state index is 13.7. The lowest BCUT2D eigenvalue weighted by molar-refractivity contribution is 0.238. The highest BCUT2D eigenvalue weighted by molar-refractivity contribution is 7.99. The fraction of sp³-hybridized carbons (Fsp3) is 0.200. The number of imidazole rings is 1. The summed E-state index contributed by atoms with van der Waals surface area (Å²) in [5.41, 5.74) is 0.637. The number of nitrogens with zero attached hydrogens (tertiary/aromatic N) is 2. The van der Waals surface area contributed by atoms with E-state index in [4.69, 9.17) is 0 Å². The van der Waals surface area contributed by atoms with Crippen molar-refractivity contribution in [3.05, 3.63) is 84.2 Å². The van der Waals surface area contributed by atoms with Gasteiger partial charge in [0.25, 0.3) is 0 Å². The Labute approximate surface area is 162 Å². The number of hydrogen-bond acceptors (Lipinski definition) is 3. The molecule has 0 aliphatic heterocycles. The zero-order chi connectivity index (χ0) is 19.1. The number of aryl methyl sites for hydroxylation is 1. The van der Waals surface area contributed by atoms with E-state index in [-0.39, 0.29) is 11.8 Å². The average molecular weight is 384 g/mol. The lowest BCUT2D eigenvalue weighted by Crippen LogP contribution is -2.40. The van der Waals surface area contributed by atoms with Crippen molar-refractivity contribution in [3.63, 3.8) is 0 Å². The smallest absolute Gasteiger partial charge is 0.315 e. The van der Waals surface area contributed by atoms with Gasteiger partial charge in [0.05, 0.1) is 0 Å². The number of carbonyl (C=O) groups excluding carboxylic acids is 1. The van der Waals surface area contributed by atoms with Crippen LogP contribution in [0.4, 0.5) is 9.18 Å². The largest absolute Gasteiger partial charge is 0.337 e. The van der Waals surface area contributed by atoms with Crippen molar-refractivity contribution >= 4 is 17.8 Å². The molecule has 0 aliphatic rings. The molecule has 3 aromatic rings. The molecule has 2 aromatic carbocycles. The highest BCUT2D eigenvalue weighted by atomic mass is 32.2. The topological polar surface area (TPSA) is 59.0 Å². The van der Waals surface area contributed by atoms with Crippen molar-refractivity contribution in [1.29, 1.82) is 0 Å². The highest BCUT2D eigenvalue weighted by Crippen LogP contribution is 2.21. The second-order valence-electron chi connectivity index (χ2n) is 5.95. The Morgan fingerprint density at radius 1 is 1.22 bits per heavy atom. The van der Waals surface area contributed by atoms with Crippen LogP contribution < -0.4 is 10.6 Å². The van der Waals surface area contributed by atoms with Crippen LogP contribution in [0.25, 0.3) is 0 Å². The summed E-state index contributed by atoms with van der Waals surface area (Å²) in [6.07, 6.45) is 3.44. The third kappa shape index (κ3) is 5.34. The van der Waals surface area contributed by atoms with E-state index in [1.165, 1.54) is 12.1 Å². The minimum atomic E-state index is -0.539. The van der Waals surface area contributed by atoms with Crippen molar-refractivity contribution in [1.82, 2.24) is 20.2 Å². The molecule has 0 radical (unpaired) electrons. The van der Waals surface area contributed by atoms with E-state index in [0.29, 0.717) is 17.9 Å². The molecule has 0 bridgehead atoms. The van der Waals surface area contributed by atoms with Crippen LogP contribution in [0.3, 0.4) is 0 Å². The fourth-order valence-electron chi connectivity index (χ4n) is 2.67. The molecule has 3 rings (SSSR count). The van der Waals surface area contributed by atoms with Gasteiger partial charge in [-0.05, 0) is 29.8 Å². The first-order valence-corrected chi connectivity index (χ1v) is 9.57. The summed E-state index contributed by atoms with van der Waals surface area (Å²) in [4.78, 5) is 17.8. The van der Waals surface area contributed by atoms with Gasteiger partial charge in [-0.15, -0.1) is 11.8 Å². The van der Waals surface area contributed by atoms with Gasteiger partial charge in [0.2, 0.25) is 0 Å². The van der Waals surface area contributed by atoms with Crippen LogP contribution in [-0.2, 0) is 7.05 Å². The molecule has 2 amide bonds. The van der Waals surface area contributed by atoms with E-state index in [1.807, 2.05) is 37.4 Å². The number of benzene rings is 2. The minimum Gasteiger partial charge on any atom is -0.337 e. The molecule has 0 aliphatic carbocycles. The molecule has 0 saturated heterocycles. The number of nitrogens with one attached hydrogen (secondary N) is 2. The van der Waals surface area contributed by atoms with Gasteiger partial charge in [0.15, 0.2) is 0 Å². The number of amides is 2. The average Bonchev–Trinajstić information content (AvgIpc) is 3.10. The summed E-state index contributed by atoms with van der Waals surface area (Å²) in [6, 6.07) is 15.3. The monoisotopic (exact) mass is 384 g/mol. The van der Waals surface area contributed by atoms with Gasteiger partial charge in [-0.2, -0.15) is 0 Å². The summed E-state index contributed by atoms with van der Waals surface area (Å²) in [5.74, 6) is 1.03. The molecule has 1 heterocycles. The standard InChI is InChI=1S/C20H21FN4OS/c1-25-12-10-22-19(25)18(15-6-5-7-16(21)14-15)24-20(26)23-11-13-27-17-8-3-2-4-9-17/h2-10,12,14,18H,11,13H2,1H3,(H2,23,24,26)/t18-/m0/s1. The molecule has 7 heteroatoms. The van der Waals surface area contributed by atoms with E-state index in [1.54, 1.807) is 40.9 Å². The number of thioether (sulfide) groups is 1. The van der Waals surface area contributed by atoms with Gasteiger partial charge < -0.3 is 15.2 Å². The molecule has 5 nitrogen and oxygen atoms in total. The number of carbonyl (C=O) groups is 1. The maximum Gasteiger partial charge on any atom is 0.315 e. The quantitative estimate of drug-likeness (QED) is 0.482. The normalized spacial score (nSPS) is 11.8. The fourth-order valence-corrected chi connectivity index (χ4v) is 3.46. The number of halogens is 1. The summed E-state index contributed by atoms with van der Waals surface area (Å²) in [6.45, 7) is 0.516. The zero-order valence-electron chi connectivity index (χ0n) is 14.9. The van der Waals surface area contributed by atoms with E-state index >= 15 is 0 Å². The Hall–Kier alpha value is -2.80. The summed E-state index contributed by atoms with van der Waals surface area (Å²) < 4.78 is 15.5. The van der Waals surface area contributed by atoms with Crippen LogP contribution in [-0.4, -0.2) is 27.9 Å². The van der Waals surface area contributed by atoms with Gasteiger partial charge in [-0.1, -0.05) is 30.3 Å². The zero-order valence-corrected chi connectivity index (χ0v) is 15.7. The first kappa shape index (κ1) is 19.0. The molecule has 140 valence electrons. The van der Waals surface area contributed by atoms with Crippen molar-refractivity contribution in [2.75, 3.05) is 12.3 Å². The SMILES string of the molecule is Cn1ccnc1[C@@H](NC(=O)NCCSc1ccccc1)c1cccc(F)c1. The number of aromatic nitrogens is 2. The lowest BCUT2D eigenvalue weighted by atomic mass is 10.1. The van der Waals surface area contributed by atoms with Gasteiger partial charge >= 0.3 is 6.03 Å². The van der Waals surface area contributed by atoms with E-state index in [2.05, 4.69) is 15.6 Å². The molecule has 1 aromatic heterocycles. The second-order valence-corrected chi connectivity index (χ2v) is 7.11.